The zero-order valence-electron chi connectivity index (χ0n) is 10.1. The van der Waals surface area contributed by atoms with Crippen LogP contribution in [0.3, 0.4) is 0 Å². The first-order valence-electron chi connectivity index (χ1n) is 5.62. The Bertz CT molecular complexity index is 638. The Morgan fingerprint density at radius 3 is 2.35 bits per heavy atom. The third-order valence-electron chi connectivity index (χ3n) is 2.64. The quantitative estimate of drug-likeness (QED) is 0.726. The number of anilines is 1. The zero-order chi connectivity index (χ0) is 14.7. The minimum atomic E-state index is -0.911. The fourth-order valence-corrected chi connectivity index (χ4v) is 2.59. The summed E-state index contributed by atoms with van der Waals surface area (Å²) in [6, 6.07) is 9.12. The van der Waals surface area contributed by atoms with E-state index < -0.39 is 23.1 Å². The van der Waals surface area contributed by atoms with Crippen molar-refractivity contribution in [1.29, 1.82) is 0 Å². The second-order valence-electron chi connectivity index (χ2n) is 3.99. The van der Waals surface area contributed by atoms with E-state index in [-0.39, 0.29) is 4.47 Å². The maximum Gasteiger partial charge on any atom is 0.261 e. The van der Waals surface area contributed by atoms with Crippen molar-refractivity contribution >= 4 is 43.5 Å². The van der Waals surface area contributed by atoms with Gasteiger partial charge in [0.15, 0.2) is 0 Å². The van der Waals surface area contributed by atoms with Crippen LogP contribution >= 0.6 is 31.9 Å². The van der Waals surface area contributed by atoms with Gasteiger partial charge in [-0.3, -0.25) is 4.79 Å². The molecule has 0 unspecified atom stereocenters. The lowest BCUT2D eigenvalue weighted by Gasteiger charge is -2.10. The average Bonchev–Trinajstić information content (AvgIpc) is 2.38. The number of hydrogen-bond acceptors (Lipinski definition) is 1. The SMILES string of the molecule is O=C(Nc1ccccc1CBr)c1c(F)cc(Br)cc1F. The van der Waals surface area contributed by atoms with Gasteiger partial charge in [-0.25, -0.2) is 8.78 Å². The van der Waals surface area contributed by atoms with Crippen LogP contribution in [-0.4, -0.2) is 5.91 Å². The molecule has 0 spiro atoms. The molecule has 1 N–H and O–H groups in total. The summed E-state index contributed by atoms with van der Waals surface area (Å²) in [5, 5.41) is 3.04. The van der Waals surface area contributed by atoms with Gasteiger partial charge in [0.1, 0.15) is 17.2 Å². The van der Waals surface area contributed by atoms with Crippen LogP contribution in [0, 0.1) is 11.6 Å². The fourth-order valence-electron chi connectivity index (χ4n) is 1.70. The third kappa shape index (κ3) is 3.24. The summed E-state index contributed by atoms with van der Waals surface area (Å²) in [4.78, 5) is 12.0. The van der Waals surface area contributed by atoms with Crippen LogP contribution in [0.15, 0.2) is 40.9 Å². The molecule has 6 heteroatoms. The predicted molar refractivity (Wildman–Crippen MR) is 81.1 cm³/mol. The van der Waals surface area contributed by atoms with Crippen molar-refractivity contribution in [3.05, 3.63) is 63.6 Å². The molecule has 2 nitrogen and oxygen atoms in total. The lowest BCUT2D eigenvalue weighted by atomic mass is 10.1. The molecule has 20 heavy (non-hydrogen) atoms. The van der Waals surface area contributed by atoms with Crippen LogP contribution in [0.4, 0.5) is 14.5 Å². The van der Waals surface area contributed by atoms with Gasteiger partial charge in [0.25, 0.3) is 5.91 Å². The van der Waals surface area contributed by atoms with Gasteiger partial charge in [-0.05, 0) is 23.8 Å². The van der Waals surface area contributed by atoms with E-state index in [4.69, 9.17) is 0 Å². The fraction of sp³-hybridized carbons (Fsp3) is 0.0714. The molecular weight excluding hydrogens is 396 g/mol. The molecule has 0 heterocycles. The molecule has 2 aromatic rings. The molecule has 2 rings (SSSR count). The number of hydrogen-bond donors (Lipinski definition) is 1. The number of benzene rings is 2. The molecular formula is C14H9Br2F2NO. The van der Waals surface area contributed by atoms with E-state index >= 15 is 0 Å². The molecule has 2 aromatic carbocycles. The van der Waals surface area contributed by atoms with Crippen molar-refractivity contribution in [2.24, 2.45) is 0 Å². The maximum absolute atomic E-state index is 13.7. The summed E-state index contributed by atoms with van der Waals surface area (Å²) in [5.41, 5.74) is 0.729. The van der Waals surface area contributed by atoms with E-state index in [1.807, 2.05) is 6.07 Å². The number of alkyl halides is 1. The van der Waals surface area contributed by atoms with Gasteiger partial charge in [-0.2, -0.15) is 0 Å². The zero-order valence-corrected chi connectivity index (χ0v) is 13.3. The van der Waals surface area contributed by atoms with Gasteiger partial charge in [0.2, 0.25) is 0 Å². The van der Waals surface area contributed by atoms with Crippen molar-refractivity contribution < 1.29 is 13.6 Å². The van der Waals surface area contributed by atoms with E-state index in [1.54, 1.807) is 18.2 Å². The second-order valence-corrected chi connectivity index (χ2v) is 5.47. The van der Waals surface area contributed by atoms with Crippen LogP contribution in [-0.2, 0) is 5.33 Å². The van der Waals surface area contributed by atoms with E-state index in [9.17, 15) is 13.6 Å². The first-order valence-corrected chi connectivity index (χ1v) is 7.54. The minimum Gasteiger partial charge on any atom is -0.322 e. The van der Waals surface area contributed by atoms with Crippen LogP contribution < -0.4 is 5.32 Å². The van der Waals surface area contributed by atoms with Crippen LogP contribution in [0.25, 0.3) is 0 Å². The second kappa shape index (κ2) is 6.45. The van der Waals surface area contributed by atoms with Crippen molar-refractivity contribution in [2.75, 3.05) is 5.32 Å². The Morgan fingerprint density at radius 1 is 1.15 bits per heavy atom. The Balaban J connectivity index is 2.34. The number of nitrogens with one attached hydrogen (secondary N) is 1. The molecule has 0 aliphatic carbocycles. The molecule has 0 fully saturated rings. The monoisotopic (exact) mass is 403 g/mol. The largest absolute Gasteiger partial charge is 0.322 e. The molecule has 0 radical (unpaired) electrons. The van der Waals surface area contributed by atoms with Gasteiger partial charge in [-0.1, -0.05) is 50.1 Å². The summed E-state index contributed by atoms with van der Waals surface area (Å²) < 4.78 is 27.7. The lowest BCUT2D eigenvalue weighted by Crippen LogP contribution is -2.16. The molecule has 0 saturated heterocycles. The summed E-state index contributed by atoms with van der Waals surface area (Å²) in [6.45, 7) is 0. The molecule has 1 amide bonds. The predicted octanol–water partition coefficient (Wildman–Crippen LogP) is 4.87. The number of halogens is 4. The molecule has 104 valence electrons. The van der Waals surface area contributed by atoms with Crippen LogP contribution in [0.5, 0.6) is 0 Å². The van der Waals surface area contributed by atoms with Crippen molar-refractivity contribution in [3.8, 4) is 0 Å². The summed E-state index contributed by atoms with van der Waals surface area (Å²) in [5.74, 6) is -2.64. The number of carbonyl (C=O) groups excluding carboxylic acids is 1. The molecule has 0 aromatic heterocycles. The van der Waals surface area contributed by atoms with Gasteiger partial charge >= 0.3 is 0 Å². The third-order valence-corrected chi connectivity index (χ3v) is 3.71. The van der Waals surface area contributed by atoms with E-state index in [1.165, 1.54) is 0 Å². The lowest BCUT2D eigenvalue weighted by molar-refractivity contribution is 0.101. The molecule has 0 aliphatic heterocycles. The first-order chi connectivity index (χ1) is 9.52. The van der Waals surface area contributed by atoms with E-state index in [0.29, 0.717) is 11.0 Å². The minimum absolute atomic E-state index is 0.241. The summed E-state index contributed by atoms with van der Waals surface area (Å²) in [7, 11) is 0. The van der Waals surface area contributed by atoms with Crippen molar-refractivity contribution in [2.45, 2.75) is 5.33 Å². The average molecular weight is 405 g/mol. The number of rotatable bonds is 3. The number of carbonyl (C=O) groups is 1. The maximum atomic E-state index is 13.7. The van der Waals surface area contributed by atoms with Crippen molar-refractivity contribution in [1.82, 2.24) is 0 Å². The first kappa shape index (κ1) is 15.1. The molecule has 0 aliphatic rings. The highest BCUT2D eigenvalue weighted by molar-refractivity contribution is 9.10. The van der Waals surface area contributed by atoms with E-state index in [0.717, 1.165) is 17.7 Å². The highest BCUT2D eigenvalue weighted by Gasteiger charge is 2.19. The summed E-state index contributed by atoms with van der Waals surface area (Å²) in [6.07, 6.45) is 0. The van der Waals surface area contributed by atoms with Crippen LogP contribution in [0.2, 0.25) is 0 Å². The van der Waals surface area contributed by atoms with Gasteiger partial charge in [-0.15, -0.1) is 0 Å². The molecule has 0 bridgehead atoms. The standard InChI is InChI=1S/C14H9Br2F2NO/c15-7-8-3-1-2-4-12(8)19-14(20)13-10(17)5-9(16)6-11(13)18/h1-6H,7H2,(H,19,20). The van der Waals surface area contributed by atoms with Crippen LogP contribution in [0.1, 0.15) is 15.9 Å². The highest BCUT2D eigenvalue weighted by atomic mass is 79.9. The van der Waals surface area contributed by atoms with E-state index in [2.05, 4.69) is 37.2 Å². The Labute approximate surface area is 131 Å². The topological polar surface area (TPSA) is 29.1 Å². The highest BCUT2D eigenvalue weighted by Crippen LogP contribution is 2.22. The molecule has 0 atom stereocenters. The van der Waals surface area contributed by atoms with Gasteiger partial charge in [0, 0.05) is 15.5 Å². The summed E-state index contributed by atoms with van der Waals surface area (Å²) >= 11 is 6.26. The van der Waals surface area contributed by atoms with Gasteiger partial charge in [0.05, 0.1) is 0 Å². The smallest absolute Gasteiger partial charge is 0.261 e. The Morgan fingerprint density at radius 2 is 1.75 bits per heavy atom. The number of amides is 1. The van der Waals surface area contributed by atoms with Gasteiger partial charge < -0.3 is 5.32 Å². The Kier molecular flexibility index (Phi) is 4.88. The van der Waals surface area contributed by atoms with Crippen molar-refractivity contribution in [3.63, 3.8) is 0 Å². The number of para-hydroxylation sites is 1. The molecule has 0 saturated carbocycles. The Hall–Kier alpha value is -1.27. The normalized spacial score (nSPS) is 10.4.